The van der Waals surface area contributed by atoms with E-state index in [1.165, 1.54) is 38.5 Å². The maximum absolute atomic E-state index is 12.7. The Balaban J connectivity index is 1.67. The summed E-state index contributed by atoms with van der Waals surface area (Å²) >= 11 is 0. The Bertz CT molecular complexity index is 1280. The van der Waals surface area contributed by atoms with E-state index in [9.17, 15) is 35.4 Å². The molecule has 0 radical (unpaired) electrons. The fourth-order valence-corrected chi connectivity index (χ4v) is 3.81. The Hall–Kier alpha value is -3.55. The topological polar surface area (TPSA) is 189 Å². The summed E-state index contributed by atoms with van der Waals surface area (Å²) < 4.78 is 26.8. The zero-order valence-electron chi connectivity index (χ0n) is 18.6. The van der Waals surface area contributed by atoms with E-state index in [1.54, 1.807) is 0 Å². The number of hydrogen-bond donors (Lipinski definition) is 6. The van der Waals surface area contributed by atoms with Crippen molar-refractivity contribution in [3.63, 3.8) is 0 Å². The normalized spacial score (nSPS) is 24.3. The smallest absolute Gasteiger partial charge is 0.229 e. The van der Waals surface area contributed by atoms with E-state index in [1.807, 2.05) is 0 Å². The lowest BCUT2D eigenvalue weighted by Crippen LogP contribution is -2.60. The van der Waals surface area contributed by atoms with Gasteiger partial charge in [0.05, 0.1) is 20.8 Å². The zero-order chi connectivity index (χ0) is 25.4. The minimum atomic E-state index is -1.66. The van der Waals surface area contributed by atoms with Crippen molar-refractivity contribution in [2.75, 3.05) is 20.8 Å². The van der Waals surface area contributed by atoms with Gasteiger partial charge in [0.15, 0.2) is 28.4 Å². The molecular formula is C23H24O12. The van der Waals surface area contributed by atoms with Crippen molar-refractivity contribution < 1.29 is 54.0 Å². The van der Waals surface area contributed by atoms with Gasteiger partial charge in [-0.1, -0.05) is 0 Å². The van der Waals surface area contributed by atoms with Crippen molar-refractivity contribution >= 4 is 11.0 Å². The summed E-state index contributed by atoms with van der Waals surface area (Å²) in [7, 11) is 2.67. The van der Waals surface area contributed by atoms with Gasteiger partial charge in [-0.05, 0) is 18.2 Å². The van der Waals surface area contributed by atoms with E-state index >= 15 is 0 Å². The zero-order valence-corrected chi connectivity index (χ0v) is 18.6. The minimum Gasteiger partial charge on any atom is -0.504 e. The van der Waals surface area contributed by atoms with Crippen LogP contribution < -0.4 is 19.6 Å². The van der Waals surface area contributed by atoms with E-state index in [2.05, 4.69) is 0 Å². The van der Waals surface area contributed by atoms with Gasteiger partial charge in [0.1, 0.15) is 41.1 Å². The first-order valence-corrected chi connectivity index (χ1v) is 10.4. The number of aliphatic hydroxyl groups is 4. The largest absolute Gasteiger partial charge is 0.504 e. The van der Waals surface area contributed by atoms with Crippen molar-refractivity contribution in [2.24, 2.45) is 0 Å². The number of phenolic OH excluding ortho intramolecular Hbond substituents is 2. The molecule has 0 spiro atoms. The molecule has 0 aliphatic carbocycles. The minimum absolute atomic E-state index is 0.0174. The molecule has 6 N–H and O–H groups in total. The molecule has 1 aliphatic rings. The fraction of sp³-hybridized carbons (Fsp3) is 0.348. The molecule has 35 heavy (non-hydrogen) atoms. The van der Waals surface area contributed by atoms with E-state index in [0.29, 0.717) is 0 Å². The number of ether oxygens (including phenoxy) is 4. The fourth-order valence-electron chi connectivity index (χ4n) is 3.81. The molecule has 5 atom stereocenters. The van der Waals surface area contributed by atoms with Crippen LogP contribution in [0.4, 0.5) is 0 Å². The lowest BCUT2D eigenvalue weighted by molar-refractivity contribution is -0.277. The van der Waals surface area contributed by atoms with Crippen LogP contribution in [-0.2, 0) is 4.74 Å². The Kier molecular flexibility index (Phi) is 6.74. The van der Waals surface area contributed by atoms with Crippen LogP contribution in [0, 0.1) is 0 Å². The van der Waals surface area contributed by atoms with Crippen LogP contribution in [0.1, 0.15) is 0 Å². The number of phenols is 2. The lowest BCUT2D eigenvalue weighted by Gasteiger charge is -2.39. The molecule has 1 aliphatic heterocycles. The quantitative estimate of drug-likeness (QED) is 0.272. The average Bonchev–Trinajstić information content (AvgIpc) is 2.84. The number of fused-ring (bicyclic) bond motifs is 1. The first kappa shape index (κ1) is 24.6. The molecule has 4 rings (SSSR count). The highest BCUT2D eigenvalue weighted by Crippen LogP contribution is 2.42. The van der Waals surface area contributed by atoms with Crippen molar-refractivity contribution in [3.8, 4) is 40.1 Å². The lowest BCUT2D eigenvalue weighted by atomic mass is 9.99. The average molecular weight is 492 g/mol. The SMILES string of the molecule is COc1cc2oc(-c3ccc(O[C@@H]4O[C@@H](CO)[C@H](O)[C@@H](O)[C@@H]4O)c(O)c3)cc(=O)c2c(O)c1OC. The van der Waals surface area contributed by atoms with Gasteiger partial charge in [-0.2, -0.15) is 0 Å². The van der Waals surface area contributed by atoms with Gasteiger partial charge in [-0.3, -0.25) is 4.79 Å². The number of benzene rings is 2. The summed E-state index contributed by atoms with van der Waals surface area (Å²) in [5.74, 6) is -0.823. The van der Waals surface area contributed by atoms with Crippen molar-refractivity contribution in [1.82, 2.24) is 0 Å². The van der Waals surface area contributed by atoms with Crippen molar-refractivity contribution in [1.29, 1.82) is 0 Å². The Morgan fingerprint density at radius 3 is 2.31 bits per heavy atom. The molecule has 0 unspecified atom stereocenters. The van der Waals surface area contributed by atoms with Gasteiger partial charge < -0.3 is 54.0 Å². The maximum atomic E-state index is 12.7. The molecule has 3 aromatic rings. The monoisotopic (exact) mass is 492 g/mol. The summed E-state index contributed by atoms with van der Waals surface area (Å²) in [6.45, 7) is -0.636. The van der Waals surface area contributed by atoms with Crippen molar-refractivity contribution in [3.05, 3.63) is 40.6 Å². The second-order valence-corrected chi connectivity index (χ2v) is 7.81. The molecule has 0 amide bonds. The Labute approximate surface area is 197 Å². The number of methoxy groups -OCH3 is 2. The highest BCUT2D eigenvalue weighted by molar-refractivity contribution is 5.89. The summed E-state index contributed by atoms with van der Waals surface area (Å²) in [5, 5.41) is 60.0. The number of hydrogen-bond acceptors (Lipinski definition) is 12. The number of rotatable bonds is 6. The molecule has 188 valence electrons. The predicted molar refractivity (Wildman–Crippen MR) is 119 cm³/mol. The summed E-state index contributed by atoms with van der Waals surface area (Å²) in [5.41, 5.74) is -0.276. The molecule has 1 aromatic heterocycles. The second kappa shape index (κ2) is 9.60. The molecule has 2 heterocycles. The van der Waals surface area contributed by atoms with Crippen LogP contribution in [0.2, 0.25) is 0 Å². The summed E-state index contributed by atoms with van der Waals surface area (Å²) in [6, 6.07) is 6.49. The van der Waals surface area contributed by atoms with Crippen LogP contribution in [0.25, 0.3) is 22.3 Å². The third kappa shape index (κ3) is 4.33. The van der Waals surface area contributed by atoms with Gasteiger partial charge >= 0.3 is 0 Å². The summed E-state index contributed by atoms with van der Waals surface area (Å²) in [4.78, 5) is 12.7. The third-order valence-corrected chi connectivity index (χ3v) is 5.67. The molecule has 12 heteroatoms. The van der Waals surface area contributed by atoms with Crippen LogP contribution >= 0.6 is 0 Å². The van der Waals surface area contributed by atoms with Gasteiger partial charge in [0, 0.05) is 17.7 Å². The Morgan fingerprint density at radius 1 is 0.943 bits per heavy atom. The third-order valence-electron chi connectivity index (χ3n) is 5.67. The van der Waals surface area contributed by atoms with E-state index in [4.69, 9.17) is 23.4 Å². The highest BCUT2D eigenvalue weighted by Gasteiger charge is 2.44. The van der Waals surface area contributed by atoms with Crippen LogP contribution in [0.5, 0.6) is 28.7 Å². The highest BCUT2D eigenvalue weighted by atomic mass is 16.7. The van der Waals surface area contributed by atoms with Gasteiger partial charge in [0.25, 0.3) is 0 Å². The molecule has 1 fully saturated rings. The molecule has 0 bridgehead atoms. The Morgan fingerprint density at radius 2 is 1.69 bits per heavy atom. The molecule has 1 saturated heterocycles. The maximum Gasteiger partial charge on any atom is 0.229 e. The first-order chi connectivity index (χ1) is 16.7. The molecule has 2 aromatic carbocycles. The van der Waals surface area contributed by atoms with Crippen LogP contribution in [-0.4, -0.2) is 82.2 Å². The van der Waals surface area contributed by atoms with E-state index in [0.717, 1.165) is 6.07 Å². The first-order valence-electron chi connectivity index (χ1n) is 10.4. The predicted octanol–water partition coefficient (Wildman–Crippen LogP) is 0.0671. The summed E-state index contributed by atoms with van der Waals surface area (Å²) in [6.07, 6.45) is -7.54. The second-order valence-electron chi connectivity index (χ2n) is 7.81. The standard InChI is InChI=1S/C23H24O12/c1-31-15-7-14-17(19(28)22(15)32-2)11(26)6-13(33-14)9-3-4-12(10(25)5-9)34-23-21(30)20(29)18(27)16(8-24)35-23/h3-7,16,18,20-21,23-25,27-30H,8H2,1-2H3/t16-,18-,20+,21-,23+/m0/s1. The molecular weight excluding hydrogens is 468 g/mol. The number of aromatic hydroxyl groups is 2. The van der Waals surface area contributed by atoms with Gasteiger partial charge in [-0.15, -0.1) is 0 Å². The van der Waals surface area contributed by atoms with E-state index in [-0.39, 0.29) is 39.5 Å². The number of aliphatic hydroxyl groups excluding tert-OH is 4. The van der Waals surface area contributed by atoms with Crippen molar-refractivity contribution in [2.45, 2.75) is 30.7 Å². The van der Waals surface area contributed by atoms with Gasteiger partial charge in [0.2, 0.25) is 12.0 Å². The van der Waals surface area contributed by atoms with Crippen LogP contribution in [0.3, 0.4) is 0 Å². The molecule has 0 saturated carbocycles. The molecule has 12 nitrogen and oxygen atoms in total. The van der Waals surface area contributed by atoms with Gasteiger partial charge in [-0.25, -0.2) is 0 Å². The van der Waals surface area contributed by atoms with Crippen LogP contribution in [0.15, 0.2) is 39.5 Å². The van der Waals surface area contributed by atoms with E-state index < -0.39 is 54.2 Å².